The van der Waals surface area contributed by atoms with Crippen LogP contribution >= 0.6 is 11.6 Å². The summed E-state index contributed by atoms with van der Waals surface area (Å²) < 4.78 is 5.29. The van der Waals surface area contributed by atoms with Crippen molar-refractivity contribution in [3.63, 3.8) is 0 Å². The van der Waals surface area contributed by atoms with Crippen molar-refractivity contribution in [1.29, 1.82) is 0 Å². The van der Waals surface area contributed by atoms with Crippen LogP contribution in [0.2, 0.25) is 0 Å². The molecule has 0 bridgehead atoms. The Kier molecular flexibility index (Phi) is 5.75. The zero-order chi connectivity index (χ0) is 12.7. The molecule has 98 valence electrons. The topological polar surface area (TPSA) is 51.0 Å². The first-order valence-electron chi connectivity index (χ1n) is 6.19. The zero-order valence-electron chi connectivity index (χ0n) is 10.9. The number of halogens is 1. The predicted octanol–water partition coefficient (Wildman–Crippen LogP) is 3.83. The van der Waals surface area contributed by atoms with Crippen molar-refractivity contribution in [3.05, 3.63) is 5.89 Å². The van der Waals surface area contributed by atoms with Crippen molar-refractivity contribution in [3.8, 4) is 0 Å². The van der Waals surface area contributed by atoms with Gasteiger partial charge >= 0.3 is 6.01 Å². The van der Waals surface area contributed by atoms with Crippen molar-refractivity contribution in [2.75, 3.05) is 11.9 Å². The Bertz CT molecular complexity index is 325. The summed E-state index contributed by atoms with van der Waals surface area (Å²) >= 11 is 5.59. The lowest BCUT2D eigenvalue weighted by molar-refractivity contribution is 0.338. The van der Waals surface area contributed by atoms with Gasteiger partial charge in [-0.05, 0) is 11.8 Å². The van der Waals surface area contributed by atoms with E-state index in [-0.39, 0.29) is 11.3 Å². The monoisotopic (exact) mass is 259 g/mol. The largest absolute Gasteiger partial charge is 0.407 e. The second-order valence-electron chi connectivity index (χ2n) is 5.11. The smallest absolute Gasteiger partial charge is 0.315 e. The van der Waals surface area contributed by atoms with E-state index in [1.807, 2.05) is 0 Å². The second-order valence-corrected chi connectivity index (χ2v) is 5.38. The lowest BCUT2D eigenvalue weighted by atomic mass is 9.87. The Labute approximate surface area is 108 Å². The zero-order valence-corrected chi connectivity index (χ0v) is 11.7. The van der Waals surface area contributed by atoms with Crippen molar-refractivity contribution in [2.45, 2.75) is 52.3 Å². The van der Waals surface area contributed by atoms with Gasteiger partial charge < -0.3 is 9.73 Å². The fourth-order valence-corrected chi connectivity index (χ4v) is 1.74. The van der Waals surface area contributed by atoms with E-state index < -0.39 is 0 Å². The standard InChI is InChI=1S/C12H22ClN3O/c1-4-5-6-7-12(2,3)9-14-11-16-15-10(8-13)17-11/h4-9H2,1-3H3,(H,14,16). The number of unbranched alkanes of at least 4 members (excludes halogenated alkanes) is 2. The van der Waals surface area contributed by atoms with Crippen LogP contribution in [-0.4, -0.2) is 16.7 Å². The van der Waals surface area contributed by atoms with Crippen molar-refractivity contribution < 1.29 is 4.42 Å². The van der Waals surface area contributed by atoms with Gasteiger partial charge in [0, 0.05) is 6.54 Å². The van der Waals surface area contributed by atoms with Gasteiger partial charge in [0.05, 0.1) is 0 Å². The van der Waals surface area contributed by atoms with Crippen LogP contribution in [0.1, 0.15) is 52.3 Å². The molecule has 0 fully saturated rings. The molecule has 1 N–H and O–H groups in total. The first-order chi connectivity index (χ1) is 8.07. The fraction of sp³-hybridized carbons (Fsp3) is 0.833. The molecule has 1 rings (SSSR count). The molecule has 1 heterocycles. The highest BCUT2D eigenvalue weighted by Crippen LogP contribution is 2.24. The lowest BCUT2D eigenvalue weighted by Crippen LogP contribution is -2.23. The minimum absolute atomic E-state index is 0.241. The van der Waals surface area contributed by atoms with E-state index in [4.69, 9.17) is 16.0 Å². The second kappa shape index (κ2) is 6.84. The van der Waals surface area contributed by atoms with E-state index in [9.17, 15) is 0 Å². The molecule has 0 amide bonds. The van der Waals surface area contributed by atoms with Crippen molar-refractivity contribution in [2.24, 2.45) is 5.41 Å². The molecule has 0 radical (unpaired) electrons. The minimum atomic E-state index is 0.241. The maximum absolute atomic E-state index is 5.59. The number of aromatic nitrogens is 2. The number of nitrogens with zero attached hydrogens (tertiary/aromatic N) is 2. The summed E-state index contributed by atoms with van der Waals surface area (Å²) in [5, 5.41) is 10.8. The third-order valence-electron chi connectivity index (χ3n) is 2.76. The van der Waals surface area contributed by atoms with Gasteiger partial charge in [-0.3, -0.25) is 0 Å². The predicted molar refractivity (Wildman–Crippen MR) is 70.3 cm³/mol. The quantitative estimate of drug-likeness (QED) is 0.569. The molecule has 4 nitrogen and oxygen atoms in total. The Morgan fingerprint density at radius 1 is 1.29 bits per heavy atom. The highest BCUT2D eigenvalue weighted by Gasteiger charge is 2.18. The van der Waals surface area contributed by atoms with Crippen LogP contribution in [0.5, 0.6) is 0 Å². The first-order valence-corrected chi connectivity index (χ1v) is 6.73. The van der Waals surface area contributed by atoms with Gasteiger partial charge in [0.2, 0.25) is 5.89 Å². The molecule has 0 aliphatic heterocycles. The first kappa shape index (κ1) is 14.3. The van der Waals surface area contributed by atoms with E-state index in [0.29, 0.717) is 11.9 Å². The van der Waals surface area contributed by atoms with Gasteiger partial charge in [0.15, 0.2) is 0 Å². The normalized spacial score (nSPS) is 11.8. The molecule has 17 heavy (non-hydrogen) atoms. The highest BCUT2D eigenvalue weighted by atomic mass is 35.5. The number of alkyl halides is 1. The minimum Gasteiger partial charge on any atom is -0.407 e. The van der Waals surface area contributed by atoms with Gasteiger partial charge in [-0.2, -0.15) is 0 Å². The third kappa shape index (κ3) is 5.39. The number of hydrogen-bond donors (Lipinski definition) is 1. The third-order valence-corrected chi connectivity index (χ3v) is 2.99. The molecule has 0 atom stereocenters. The van der Waals surface area contributed by atoms with Gasteiger partial charge in [-0.25, -0.2) is 0 Å². The molecule has 0 aromatic carbocycles. The summed E-state index contributed by atoms with van der Waals surface area (Å²) in [7, 11) is 0. The van der Waals surface area contributed by atoms with E-state index >= 15 is 0 Å². The number of anilines is 1. The molecule has 0 saturated heterocycles. The summed E-state index contributed by atoms with van der Waals surface area (Å²) in [5.41, 5.74) is 0.241. The van der Waals surface area contributed by atoms with Crippen molar-refractivity contribution in [1.82, 2.24) is 10.2 Å². The van der Waals surface area contributed by atoms with Gasteiger partial charge in [0.1, 0.15) is 5.88 Å². The molecule has 1 aromatic rings. The van der Waals surface area contributed by atoms with E-state index in [1.54, 1.807) is 0 Å². The summed E-state index contributed by atoms with van der Waals surface area (Å²) in [6, 6.07) is 0.462. The molecular formula is C12H22ClN3O. The molecule has 0 aliphatic rings. The summed E-state index contributed by atoms with van der Waals surface area (Å²) in [6.07, 6.45) is 5.01. The van der Waals surface area contributed by atoms with Crippen LogP contribution in [0.3, 0.4) is 0 Å². The number of rotatable bonds is 8. The molecular weight excluding hydrogens is 238 g/mol. The maximum Gasteiger partial charge on any atom is 0.315 e. The summed E-state index contributed by atoms with van der Waals surface area (Å²) in [4.78, 5) is 0. The van der Waals surface area contributed by atoms with E-state index in [0.717, 1.165) is 6.54 Å². The van der Waals surface area contributed by atoms with Gasteiger partial charge in [-0.1, -0.05) is 45.1 Å². The summed E-state index contributed by atoms with van der Waals surface area (Å²) in [5.74, 6) is 0.715. The van der Waals surface area contributed by atoms with Gasteiger partial charge in [0.25, 0.3) is 0 Å². The Morgan fingerprint density at radius 3 is 2.65 bits per heavy atom. The lowest BCUT2D eigenvalue weighted by Gasteiger charge is -2.24. The number of hydrogen-bond acceptors (Lipinski definition) is 4. The average Bonchev–Trinajstić information content (AvgIpc) is 2.75. The molecule has 1 aromatic heterocycles. The molecule has 0 saturated carbocycles. The van der Waals surface area contributed by atoms with Crippen LogP contribution < -0.4 is 5.32 Å². The van der Waals surface area contributed by atoms with Crippen LogP contribution in [0, 0.1) is 5.41 Å². The fourth-order valence-electron chi connectivity index (χ4n) is 1.64. The molecule has 0 unspecified atom stereocenters. The number of nitrogens with one attached hydrogen (secondary N) is 1. The SMILES string of the molecule is CCCCCC(C)(C)CNc1nnc(CCl)o1. The van der Waals surface area contributed by atoms with Crippen LogP contribution in [0.25, 0.3) is 0 Å². The van der Waals surface area contributed by atoms with Gasteiger partial charge in [-0.15, -0.1) is 16.7 Å². The van der Waals surface area contributed by atoms with E-state index in [2.05, 4.69) is 36.3 Å². The maximum atomic E-state index is 5.59. The average molecular weight is 260 g/mol. The Hall–Kier alpha value is -0.770. The highest BCUT2D eigenvalue weighted by molar-refractivity contribution is 6.16. The molecule has 5 heteroatoms. The van der Waals surface area contributed by atoms with Crippen LogP contribution in [-0.2, 0) is 5.88 Å². The molecule has 0 aliphatic carbocycles. The Balaban J connectivity index is 2.32. The Morgan fingerprint density at radius 2 is 2.06 bits per heavy atom. The van der Waals surface area contributed by atoms with Crippen LogP contribution in [0.4, 0.5) is 6.01 Å². The van der Waals surface area contributed by atoms with Crippen LogP contribution in [0.15, 0.2) is 4.42 Å². The molecule has 0 spiro atoms. The van der Waals surface area contributed by atoms with E-state index in [1.165, 1.54) is 25.7 Å². The summed E-state index contributed by atoms with van der Waals surface area (Å²) in [6.45, 7) is 7.54. The van der Waals surface area contributed by atoms with Crippen molar-refractivity contribution >= 4 is 17.6 Å².